The molecule has 24 heavy (non-hydrogen) atoms. The normalized spacial score (nSPS) is 20.7. The number of carbonyl (C=O) groups excluding carboxylic acids is 2. The Morgan fingerprint density at radius 1 is 1.46 bits per heavy atom. The molecule has 1 saturated carbocycles. The summed E-state index contributed by atoms with van der Waals surface area (Å²) >= 11 is 0. The van der Waals surface area contributed by atoms with Crippen molar-refractivity contribution in [3.05, 3.63) is 41.6 Å². The second-order valence-electron chi connectivity index (χ2n) is 6.48. The van der Waals surface area contributed by atoms with Crippen LogP contribution in [0.3, 0.4) is 0 Å². The van der Waals surface area contributed by atoms with E-state index in [0.717, 1.165) is 19.3 Å². The van der Waals surface area contributed by atoms with Crippen LogP contribution in [0, 0.1) is 0 Å². The molecule has 1 aromatic heterocycles. The SMILES string of the molecule is CCC(C)NC1(OC2=C(C(=O)C=Cc3ccco3)C(=O)CC2)CC1. The Kier molecular flexibility index (Phi) is 4.71. The van der Waals surface area contributed by atoms with Crippen molar-refractivity contribution in [3.8, 4) is 0 Å². The van der Waals surface area contributed by atoms with Crippen LogP contribution in [0.15, 0.2) is 40.2 Å². The highest BCUT2D eigenvalue weighted by atomic mass is 16.5. The van der Waals surface area contributed by atoms with Gasteiger partial charge in [0, 0.05) is 31.7 Å². The van der Waals surface area contributed by atoms with Crippen LogP contribution < -0.4 is 5.32 Å². The first-order valence-corrected chi connectivity index (χ1v) is 8.52. The van der Waals surface area contributed by atoms with Crippen molar-refractivity contribution in [3.63, 3.8) is 0 Å². The molecule has 1 heterocycles. The molecule has 0 aromatic carbocycles. The number of hydrogen-bond acceptors (Lipinski definition) is 5. The third kappa shape index (κ3) is 3.67. The Labute approximate surface area is 141 Å². The standard InChI is InChI=1S/C19H23NO4/c1-3-13(2)20-19(10-11-19)24-17-9-8-16(22)18(17)15(21)7-6-14-5-4-12-23-14/h4-7,12-13,20H,3,8-11H2,1-2H3. The van der Waals surface area contributed by atoms with Gasteiger partial charge in [-0.2, -0.15) is 0 Å². The van der Waals surface area contributed by atoms with Gasteiger partial charge in [-0.1, -0.05) is 6.92 Å². The van der Waals surface area contributed by atoms with Crippen molar-refractivity contribution < 1.29 is 18.7 Å². The van der Waals surface area contributed by atoms with Gasteiger partial charge in [-0.25, -0.2) is 0 Å². The Hall–Kier alpha value is -2.14. The van der Waals surface area contributed by atoms with E-state index in [1.807, 2.05) is 0 Å². The van der Waals surface area contributed by atoms with E-state index in [0.29, 0.717) is 30.4 Å². The zero-order valence-corrected chi connectivity index (χ0v) is 14.1. The number of hydrogen-bond donors (Lipinski definition) is 1. The molecule has 5 heteroatoms. The van der Waals surface area contributed by atoms with Gasteiger partial charge >= 0.3 is 0 Å². The highest BCUT2D eigenvalue weighted by molar-refractivity contribution is 6.26. The minimum atomic E-state index is -0.397. The molecule has 0 saturated heterocycles. The number of allylic oxidation sites excluding steroid dienone is 3. The second-order valence-corrected chi connectivity index (χ2v) is 6.48. The molecule has 0 spiro atoms. The summed E-state index contributed by atoms with van der Waals surface area (Å²) in [6.45, 7) is 4.22. The fourth-order valence-corrected chi connectivity index (χ4v) is 2.81. The van der Waals surface area contributed by atoms with Crippen molar-refractivity contribution in [2.24, 2.45) is 0 Å². The van der Waals surface area contributed by atoms with Crippen LogP contribution in [-0.2, 0) is 14.3 Å². The van der Waals surface area contributed by atoms with Gasteiger partial charge in [-0.3, -0.25) is 14.9 Å². The number of nitrogens with one attached hydrogen (secondary N) is 1. The molecule has 0 radical (unpaired) electrons. The first-order chi connectivity index (χ1) is 11.5. The first-order valence-electron chi connectivity index (χ1n) is 8.52. The average molecular weight is 329 g/mol. The van der Waals surface area contributed by atoms with Crippen LogP contribution in [0.4, 0.5) is 0 Å². The minimum Gasteiger partial charge on any atom is -0.476 e. The number of carbonyl (C=O) groups is 2. The number of ether oxygens (including phenoxy) is 1. The van der Waals surface area contributed by atoms with Crippen LogP contribution in [0.1, 0.15) is 51.7 Å². The lowest BCUT2D eigenvalue weighted by Crippen LogP contribution is -2.40. The van der Waals surface area contributed by atoms with Crippen molar-refractivity contribution in [2.75, 3.05) is 0 Å². The van der Waals surface area contributed by atoms with Gasteiger partial charge in [0.05, 0.1) is 6.26 Å². The Balaban J connectivity index is 1.74. The van der Waals surface area contributed by atoms with Crippen LogP contribution in [0.2, 0.25) is 0 Å². The molecule has 1 atom stereocenters. The molecule has 0 aliphatic heterocycles. The summed E-state index contributed by atoms with van der Waals surface area (Å²) in [4.78, 5) is 24.6. The van der Waals surface area contributed by atoms with Gasteiger partial charge in [-0.05, 0) is 37.6 Å². The van der Waals surface area contributed by atoms with Crippen molar-refractivity contribution in [1.82, 2.24) is 5.32 Å². The Morgan fingerprint density at radius 2 is 2.25 bits per heavy atom. The molecule has 0 bridgehead atoms. The lowest BCUT2D eigenvalue weighted by Gasteiger charge is -2.24. The van der Waals surface area contributed by atoms with Crippen LogP contribution >= 0.6 is 0 Å². The molecular weight excluding hydrogens is 306 g/mol. The summed E-state index contributed by atoms with van der Waals surface area (Å²) in [5.41, 5.74) is -0.207. The molecule has 2 aliphatic carbocycles. The van der Waals surface area contributed by atoms with E-state index in [2.05, 4.69) is 19.2 Å². The largest absolute Gasteiger partial charge is 0.476 e. The van der Waals surface area contributed by atoms with Gasteiger partial charge in [0.25, 0.3) is 0 Å². The molecule has 3 rings (SSSR count). The molecule has 128 valence electrons. The lowest BCUT2D eigenvalue weighted by atomic mass is 10.1. The summed E-state index contributed by atoms with van der Waals surface area (Å²) in [7, 11) is 0. The predicted molar refractivity (Wildman–Crippen MR) is 90.0 cm³/mol. The van der Waals surface area contributed by atoms with Crippen LogP contribution in [-0.4, -0.2) is 23.3 Å². The molecule has 1 fully saturated rings. The Morgan fingerprint density at radius 3 is 2.88 bits per heavy atom. The molecule has 1 unspecified atom stereocenters. The molecule has 2 aliphatic rings. The minimum absolute atomic E-state index is 0.140. The number of furan rings is 1. The molecule has 1 N–H and O–H groups in total. The highest BCUT2D eigenvalue weighted by Crippen LogP contribution is 2.42. The van der Waals surface area contributed by atoms with E-state index in [-0.39, 0.29) is 17.1 Å². The average Bonchev–Trinajstić information content (AvgIpc) is 2.98. The highest BCUT2D eigenvalue weighted by Gasteiger charge is 2.48. The maximum Gasteiger partial charge on any atom is 0.192 e. The Bertz CT molecular complexity index is 680. The zero-order chi connectivity index (χ0) is 17.2. The van der Waals surface area contributed by atoms with Gasteiger partial charge < -0.3 is 9.15 Å². The summed E-state index contributed by atoms with van der Waals surface area (Å²) in [5, 5.41) is 3.46. The second kappa shape index (κ2) is 6.77. The van der Waals surface area contributed by atoms with Crippen molar-refractivity contribution in [1.29, 1.82) is 0 Å². The summed E-state index contributed by atoms with van der Waals surface area (Å²) in [5.74, 6) is 0.651. The van der Waals surface area contributed by atoms with Crippen molar-refractivity contribution in [2.45, 2.75) is 57.7 Å². The van der Waals surface area contributed by atoms with E-state index in [9.17, 15) is 9.59 Å². The smallest absolute Gasteiger partial charge is 0.192 e. The van der Waals surface area contributed by atoms with E-state index in [4.69, 9.17) is 9.15 Å². The van der Waals surface area contributed by atoms with Gasteiger partial charge in [0.15, 0.2) is 17.3 Å². The maximum absolute atomic E-state index is 12.4. The van der Waals surface area contributed by atoms with Gasteiger partial charge in [-0.15, -0.1) is 0 Å². The maximum atomic E-state index is 12.4. The van der Waals surface area contributed by atoms with Crippen LogP contribution in [0.25, 0.3) is 6.08 Å². The van der Waals surface area contributed by atoms with E-state index in [1.165, 1.54) is 12.3 Å². The fourth-order valence-electron chi connectivity index (χ4n) is 2.81. The van der Waals surface area contributed by atoms with Crippen LogP contribution in [0.5, 0.6) is 0 Å². The zero-order valence-electron chi connectivity index (χ0n) is 14.1. The first kappa shape index (κ1) is 16.7. The summed E-state index contributed by atoms with van der Waals surface area (Å²) < 4.78 is 11.3. The van der Waals surface area contributed by atoms with Gasteiger partial charge in [0.1, 0.15) is 17.1 Å². The number of ketones is 2. The molecule has 0 amide bonds. The third-order valence-corrected chi connectivity index (χ3v) is 4.47. The fraction of sp³-hybridized carbons (Fsp3) is 0.474. The van der Waals surface area contributed by atoms with Crippen molar-refractivity contribution >= 4 is 17.6 Å². The van der Waals surface area contributed by atoms with E-state index >= 15 is 0 Å². The summed E-state index contributed by atoms with van der Waals surface area (Å²) in [6.07, 6.45) is 8.13. The molecule has 1 aromatic rings. The topological polar surface area (TPSA) is 68.5 Å². The molecular formula is C19H23NO4. The van der Waals surface area contributed by atoms with Gasteiger partial charge in [0.2, 0.25) is 0 Å². The summed E-state index contributed by atoms with van der Waals surface area (Å²) in [6, 6.07) is 3.83. The lowest BCUT2D eigenvalue weighted by molar-refractivity contribution is -0.118. The number of rotatable bonds is 8. The molecule has 5 nitrogen and oxygen atoms in total. The predicted octanol–water partition coefficient (Wildman–Crippen LogP) is 3.37. The van der Waals surface area contributed by atoms with E-state index in [1.54, 1.807) is 18.2 Å². The van der Waals surface area contributed by atoms with E-state index < -0.39 is 5.72 Å². The quantitative estimate of drug-likeness (QED) is 0.450. The monoisotopic (exact) mass is 329 g/mol. The number of Topliss-reactive ketones (excluding diaryl/α,β-unsaturated/α-hetero) is 1. The third-order valence-electron chi connectivity index (χ3n) is 4.47.